The van der Waals surface area contributed by atoms with Crippen molar-refractivity contribution in [2.45, 2.75) is 8.68 Å². The van der Waals surface area contributed by atoms with Gasteiger partial charge in [-0.15, -0.1) is 10.2 Å². The molecule has 0 bridgehead atoms. The van der Waals surface area contributed by atoms with Gasteiger partial charge in [0, 0.05) is 0 Å². The highest BCUT2D eigenvalue weighted by Crippen LogP contribution is 2.26. The van der Waals surface area contributed by atoms with E-state index in [1.807, 2.05) is 6.26 Å². The van der Waals surface area contributed by atoms with Crippen LogP contribution < -0.4 is 5.73 Å². The van der Waals surface area contributed by atoms with Crippen molar-refractivity contribution < 1.29 is 5.21 Å². The van der Waals surface area contributed by atoms with Crippen LogP contribution in [-0.2, 0) is 0 Å². The maximum Gasteiger partial charge on any atom is 0.175 e. The third kappa shape index (κ3) is 3.41. The Hall–Kier alpha value is -0.470. The van der Waals surface area contributed by atoms with E-state index in [2.05, 4.69) is 15.4 Å². The molecule has 0 saturated heterocycles. The number of hydrogen-bond donors (Lipinski definition) is 2. The number of nitrogens with two attached hydrogens (primary N) is 1. The molecule has 3 N–H and O–H groups in total. The lowest BCUT2D eigenvalue weighted by atomic mass is 10.7. The van der Waals surface area contributed by atoms with Crippen LogP contribution in [0.15, 0.2) is 13.8 Å². The first-order chi connectivity index (χ1) is 6.26. The summed E-state index contributed by atoms with van der Waals surface area (Å²) in [5, 5.41) is 19.0. The predicted octanol–water partition coefficient (Wildman–Crippen LogP) is 1.10. The van der Waals surface area contributed by atoms with E-state index < -0.39 is 0 Å². The maximum atomic E-state index is 8.28. The smallest absolute Gasteiger partial charge is 0.175 e. The molecule has 8 heteroatoms. The minimum atomic E-state index is 0.186. The molecule has 1 rings (SSSR count). The first-order valence-corrected chi connectivity index (χ1v) is 6.25. The van der Waals surface area contributed by atoms with Gasteiger partial charge in [0.1, 0.15) is 5.84 Å². The van der Waals surface area contributed by atoms with E-state index in [4.69, 9.17) is 10.9 Å². The zero-order chi connectivity index (χ0) is 9.68. The van der Waals surface area contributed by atoms with Gasteiger partial charge in [-0.1, -0.05) is 40.0 Å². The summed E-state index contributed by atoms with van der Waals surface area (Å²) in [6, 6.07) is 0. The van der Waals surface area contributed by atoms with E-state index in [1.54, 1.807) is 11.8 Å². The molecule has 0 saturated carbocycles. The molecule has 0 aliphatic carbocycles. The van der Waals surface area contributed by atoms with Gasteiger partial charge in [0.05, 0.1) is 5.75 Å². The molecule has 0 atom stereocenters. The van der Waals surface area contributed by atoms with Gasteiger partial charge in [-0.2, -0.15) is 0 Å². The monoisotopic (exact) mass is 236 g/mol. The van der Waals surface area contributed by atoms with Gasteiger partial charge in [0.15, 0.2) is 8.68 Å². The highest BCUT2D eigenvalue weighted by atomic mass is 32.2. The molecule has 0 fully saturated rings. The molecule has 72 valence electrons. The summed E-state index contributed by atoms with van der Waals surface area (Å²) in [5.74, 6) is 0.616. The molecule has 13 heavy (non-hydrogen) atoms. The Morgan fingerprint density at radius 2 is 2.31 bits per heavy atom. The van der Waals surface area contributed by atoms with Crippen LogP contribution in [0, 0.1) is 0 Å². The van der Waals surface area contributed by atoms with Gasteiger partial charge in [-0.25, -0.2) is 0 Å². The lowest BCUT2D eigenvalue weighted by Crippen LogP contribution is -2.13. The molecule has 0 spiro atoms. The van der Waals surface area contributed by atoms with Crippen molar-refractivity contribution in [2.75, 3.05) is 12.0 Å². The lowest BCUT2D eigenvalue weighted by Gasteiger charge is -1.92. The topological polar surface area (TPSA) is 84.4 Å². The van der Waals surface area contributed by atoms with Crippen molar-refractivity contribution in [2.24, 2.45) is 10.9 Å². The van der Waals surface area contributed by atoms with E-state index in [9.17, 15) is 0 Å². The molecule has 1 aromatic rings. The molecule has 0 aliphatic heterocycles. The summed E-state index contributed by atoms with van der Waals surface area (Å²) in [7, 11) is 0. The van der Waals surface area contributed by atoms with Crippen LogP contribution in [0.2, 0.25) is 0 Å². The largest absolute Gasteiger partial charge is 0.409 e. The summed E-state index contributed by atoms with van der Waals surface area (Å²) in [6.07, 6.45) is 1.94. The highest BCUT2D eigenvalue weighted by molar-refractivity contribution is 8.03. The van der Waals surface area contributed by atoms with Crippen LogP contribution in [0.5, 0.6) is 0 Å². The number of thioether (sulfide) groups is 2. The molecule has 0 radical (unpaired) electrons. The third-order valence-corrected chi connectivity index (χ3v) is 4.10. The van der Waals surface area contributed by atoms with Crippen molar-refractivity contribution in [3.63, 3.8) is 0 Å². The summed E-state index contributed by atoms with van der Waals surface area (Å²) in [5.41, 5.74) is 5.29. The summed E-state index contributed by atoms with van der Waals surface area (Å²) in [6.45, 7) is 0. The molecule has 1 heterocycles. The standard InChI is InChI=1S/C5H8N4OS3/c1-11-4-7-8-5(13-4)12-2-3(6)9-10/h10H,2H2,1H3,(H2,6,9). The minimum Gasteiger partial charge on any atom is -0.409 e. The average molecular weight is 236 g/mol. The molecule has 0 aromatic carbocycles. The van der Waals surface area contributed by atoms with Crippen molar-refractivity contribution in [1.29, 1.82) is 0 Å². The van der Waals surface area contributed by atoms with E-state index >= 15 is 0 Å². The highest BCUT2D eigenvalue weighted by Gasteiger charge is 2.04. The number of nitrogens with zero attached hydrogens (tertiary/aromatic N) is 3. The predicted molar refractivity (Wildman–Crippen MR) is 55.8 cm³/mol. The Morgan fingerprint density at radius 1 is 1.62 bits per heavy atom. The second-order valence-corrected chi connectivity index (χ2v) is 5.17. The Kier molecular flexibility index (Phi) is 4.33. The SMILES string of the molecule is CSc1nnc(SCC(N)=NO)s1. The first-order valence-electron chi connectivity index (χ1n) is 3.23. The maximum absolute atomic E-state index is 8.28. The van der Waals surface area contributed by atoms with Crippen molar-refractivity contribution in [3.8, 4) is 0 Å². The zero-order valence-corrected chi connectivity index (χ0v) is 9.25. The molecule has 0 amide bonds. The Bertz CT molecular complexity index is 300. The normalized spacial score (nSPS) is 11.9. The Balaban J connectivity index is 2.45. The van der Waals surface area contributed by atoms with Gasteiger partial charge < -0.3 is 10.9 Å². The number of amidine groups is 1. The molecule has 5 nitrogen and oxygen atoms in total. The van der Waals surface area contributed by atoms with E-state index in [1.165, 1.54) is 23.1 Å². The van der Waals surface area contributed by atoms with E-state index in [-0.39, 0.29) is 5.84 Å². The van der Waals surface area contributed by atoms with Crippen molar-refractivity contribution in [3.05, 3.63) is 0 Å². The molecule has 0 aliphatic rings. The number of oxime groups is 1. The fourth-order valence-electron chi connectivity index (χ4n) is 0.503. The Morgan fingerprint density at radius 3 is 2.85 bits per heavy atom. The van der Waals surface area contributed by atoms with Gasteiger partial charge in [0.25, 0.3) is 0 Å². The van der Waals surface area contributed by atoms with Crippen LogP contribution >= 0.6 is 34.9 Å². The van der Waals surface area contributed by atoms with Crippen LogP contribution in [0.3, 0.4) is 0 Å². The molecule has 1 aromatic heterocycles. The van der Waals surface area contributed by atoms with E-state index in [0.717, 1.165) is 8.68 Å². The molecular weight excluding hydrogens is 228 g/mol. The fourth-order valence-corrected chi connectivity index (χ4v) is 2.74. The zero-order valence-electron chi connectivity index (χ0n) is 6.80. The van der Waals surface area contributed by atoms with Crippen molar-refractivity contribution >= 4 is 40.7 Å². The van der Waals surface area contributed by atoms with Gasteiger partial charge in [-0.05, 0) is 6.26 Å². The lowest BCUT2D eigenvalue weighted by molar-refractivity contribution is 0.318. The van der Waals surface area contributed by atoms with Gasteiger partial charge >= 0.3 is 0 Å². The second kappa shape index (κ2) is 5.30. The van der Waals surface area contributed by atoms with Gasteiger partial charge in [0.2, 0.25) is 0 Å². The summed E-state index contributed by atoms with van der Waals surface area (Å²) in [4.78, 5) is 0. The van der Waals surface area contributed by atoms with Crippen LogP contribution in [0.4, 0.5) is 0 Å². The number of hydrogen-bond acceptors (Lipinski definition) is 7. The average Bonchev–Trinajstić information content (AvgIpc) is 2.61. The van der Waals surface area contributed by atoms with Crippen LogP contribution in [0.25, 0.3) is 0 Å². The number of aromatic nitrogens is 2. The quantitative estimate of drug-likeness (QED) is 0.268. The van der Waals surface area contributed by atoms with Gasteiger partial charge in [-0.3, -0.25) is 0 Å². The molecular formula is C5H8N4OS3. The third-order valence-electron chi connectivity index (χ3n) is 1.03. The summed E-state index contributed by atoms with van der Waals surface area (Å²) >= 11 is 4.45. The van der Waals surface area contributed by atoms with Crippen molar-refractivity contribution in [1.82, 2.24) is 10.2 Å². The van der Waals surface area contributed by atoms with Crippen LogP contribution in [-0.4, -0.2) is 33.2 Å². The second-order valence-electron chi connectivity index (χ2n) is 1.92. The first kappa shape index (κ1) is 10.6. The van der Waals surface area contributed by atoms with Crippen LogP contribution in [0.1, 0.15) is 0 Å². The van der Waals surface area contributed by atoms with E-state index in [0.29, 0.717) is 5.75 Å². The molecule has 0 unspecified atom stereocenters. The number of rotatable bonds is 4. The summed E-state index contributed by atoms with van der Waals surface area (Å²) < 4.78 is 1.75. The fraction of sp³-hybridized carbons (Fsp3) is 0.400. The Labute approximate surface area is 87.8 Å². The minimum absolute atomic E-state index is 0.186.